The van der Waals surface area contributed by atoms with E-state index in [2.05, 4.69) is 20.3 Å². The first-order valence-electron chi connectivity index (χ1n) is 8.93. The van der Waals surface area contributed by atoms with Gasteiger partial charge in [0, 0.05) is 31.2 Å². The number of amides is 1. The van der Waals surface area contributed by atoms with E-state index in [9.17, 15) is 9.90 Å². The molecule has 0 unspecified atom stereocenters. The molecule has 0 radical (unpaired) electrons. The summed E-state index contributed by atoms with van der Waals surface area (Å²) in [7, 11) is 3.14. The largest absolute Gasteiger partial charge is 0.480 e. The number of benzene rings is 1. The molecule has 0 atom stereocenters. The van der Waals surface area contributed by atoms with Gasteiger partial charge in [0.25, 0.3) is 0 Å². The molecule has 1 aromatic carbocycles. The zero-order valence-electron chi connectivity index (χ0n) is 16.2. The van der Waals surface area contributed by atoms with Gasteiger partial charge in [-0.15, -0.1) is 15.3 Å². The SMILES string of the molecule is COCCCN(C(=O)O)c1nc2ccc(Sc3nnc4ccc(OC)nn34)cc2s1. The predicted molar refractivity (Wildman–Crippen MR) is 113 cm³/mol. The molecule has 0 bridgehead atoms. The van der Waals surface area contributed by atoms with Gasteiger partial charge in [-0.1, -0.05) is 11.3 Å². The highest BCUT2D eigenvalue weighted by atomic mass is 32.2. The van der Waals surface area contributed by atoms with Gasteiger partial charge < -0.3 is 14.6 Å². The van der Waals surface area contributed by atoms with E-state index in [0.29, 0.717) is 41.4 Å². The highest BCUT2D eigenvalue weighted by molar-refractivity contribution is 7.99. The Labute approximate surface area is 179 Å². The molecule has 0 fully saturated rings. The quantitative estimate of drug-likeness (QED) is 0.407. The van der Waals surface area contributed by atoms with E-state index in [1.54, 1.807) is 30.9 Å². The molecule has 0 aliphatic heterocycles. The van der Waals surface area contributed by atoms with Crippen LogP contribution in [0.1, 0.15) is 6.42 Å². The van der Waals surface area contributed by atoms with Crippen LogP contribution in [-0.2, 0) is 4.74 Å². The van der Waals surface area contributed by atoms with E-state index in [4.69, 9.17) is 9.47 Å². The highest BCUT2D eigenvalue weighted by Gasteiger charge is 2.19. The maximum atomic E-state index is 11.6. The van der Waals surface area contributed by atoms with Gasteiger partial charge >= 0.3 is 6.09 Å². The van der Waals surface area contributed by atoms with Crippen molar-refractivity contribution in [3.05, 3.63) is 30.3 Å². The molecule has 0 aliphatic carbocycles. The number of hydrogen-bond donors (Lipinski definition) is 1. The van der Waals surface area contributed by atoms with Crippen molar-refractivity contribution < 1.29 is 19.4 Å². The Hall–Kier alpha value is -2.96. The fraction of sp³-hybridized carbons (Fsp3) is 0.278. The normalized spacial score (nSPS) is 11.3. The third-order valence-corrected chi connectivity index (χ3v) is 6.14. The second kappa shape index (κ2) is 8.81. The van der Waals surface area contributed by atoms with Gasteiger partial charge in [0.2, 0.25) is 11.0 Å². The van der Waals surface area contributed by atoms with Gasteiger partial charge in [-0.3, -0.25) is 4.90 Å². The van der Waals surface area contributed by atoms with Crippen LogP contribution in [-0.4, -0.2) is 63.4 Å². The van der Waals surface area contributed by atoms with E-state index in [0.717, 1.165) is 15.1 Å². The van der Waals surface area contributed by atoms with Gasteiger partial charge in [0.1, 0.15) is 0 Å². The lowest BCUT2D eigenvalue weighted by Crippen LogP contribution is -2.30. The summed E-state index contributed by atoms with van der Waals surface area (Å²) in [5, 5.41) is 23.2. The maximum Gasteiger partial charge on any atom is 0.413 e. The third-order valence-electron chi connectivity index (χ3n) is 4.17. The molecule has 3 heterocycles. The summed E-state index contributed by atoms with van der Waals surface area (Å²) >= 11 is 2.73. The average molecular weight is 447 g/mol. The number of fused-ring (bicyclic) bond motifs is 2. The average Bonchev–Trinajstić information content (AvgIpc) is 3.34. The van der Waals surface area contributed by atoms with E-state index >= 15 is 0 Å². The van der Waals surface area contributed by atoms with Crippen molar-refractivity contribution in [3.63, 3.8) is 0 Å². The number of nitrogens with zero attached hydrogens (tertiary/aromatic N) is 6. The Bertz CT molecular complexity index is 1190. The van der Waals surface area contributed by atoms with Gasteiger partial charge in [-0.25, -0.2) is 9.78 Å². The molecule has 1 N–H and O–H groups in total. The van der Waals surface area contributed by atoms with E-state index in [-0.39, 0.29) is 0 Å². The standard InChI is InChI=1S/C18H18N6O4S2/c1-27-9-3-8-23(18(25)26)16-19-12-5-4-11(10-13(12)30-16)29-17-21-20-14-6-7-15(28-2)22-24(14)17/h4-7,10H,3,8-9H2,1-2H3,(H,25,26). The van der Waals surface area contributed by atoms with Crippen molar-refractivity contribution in [1.82, 2.24) is 24.8 Å². The van der Waals surface area contributed by atoms with Gasteiger partial charge in [-0.05, 0) is 42.4 Å². The van der Waals surface area contributed by atoms with Crippen LogP contribution in [0.25, 0.3) is 15.9 Å². The van der Waals surface area contributed by atoms with Crippen molar-refractivity contribution in [1.29, 1.82) is 0 Å². The lowest BCUT2D eigenvalue weighted by molar-refractivity contribution is 0.189. The van der Waals surface area contributed by atoms with Crippen LogP contribution in [0.4, 0.5) is 9.93 Å². The first-order chi connectivity index (χ1) is 14.6. The topological polar surface area (TPSA) is 115 Å². The monoisotopic (exact) mass is 446 g/mol. The first-order valence-corrected chi connectivity index (χ1v) is 10.6. The van der Waals surface area contributed by atoms with Crippen LogP contribution in [0.2, 0.25) is 0 Å². The molecular formula is C18H18N6O4S2. The van der Waals surface area contributed by atoms with Crippen LogP contribution < -0.4 is 9.64 Å². The highest BCUT2D eigenvalue weighted by Crippen LogP contribution is 2.34. The summed E-state index contributed by atoms with van der Waals surface area (Å²) in [6, 6.07) is 9.24. The number of thiazole rings is 1. The third kappa shape index (κ3) is 4.15. The molecule has 30 heavy (non-hydrogen) atoms. The fourth-order valence-corrected chi connectivity index (χ4v) is 4.67. The van der Waals surface area contributed by atoms with Crippen LogP contribution in [0.5, 0.6) is 5.88 Å². The minimum Gasteiger partial charge on any atom is -0.480 e. The van der Waals surface area contributed by atoms with Crippen LogP contribution in [0, 0.1) is 0 Å². The minimum absolute atomic E-state index is 0.323. The Morgan fingerprint density at radius 1 is 1.27 bits per heavy atom. The zero-order chi connectivity index (χ0) is 21.1. The smallest absolute Gasteiger partial charge is 0.413 e. The second-order valence-corrected chi connectivity index (χ2v) is 8.19. The van der Waals surface area contributed by atoms with Crippen LogP contribution in [0.3, 0.4) is 0 Å². The molecule has 3 aromatic heterocycles. The number of carbonyl (C=O) groups is 1. The summed E-state index contributed by atoms with van der Waals surface area (Å²) < 4.78 is 12.7. The Balaban J connectivity index is 1.60. The molecule has 0 saturated carbocycles. The zero-order valence-corrected chi connectivity index (χ0v) is 17.8. The Morgan fingerprint density at radius 3 is 2.90 bits per heavy atom. The number of rotatable bonds is 8. The Morgan fingerprint density at radius 2 is 2.13 bits per heavy atom. The maximum absolute atomic E-state index is 11.6. The van der Waals surface area contributed by atoms with Crippen molar-refractivity contribution in [2.45, 2.75) is 16.5 Å². The van der Waals surface area contributed by atoms with Gasteiger partial charge in [0.05, 0.1) is 17.3 Å². The van der Waals surface area contributed by atoms with E-state index in [1.807, 2.05) is 18.2 Å². The van der Waals surface area contributed by atoms with Crippen LogP contribution >= 0.6 is 23.1 Å². The molecule has 1 amide bonds. The van der Waals surface area contributed by atoms with Crippen molar-refractivity contribution in [3.8, 4) is 5.88 Å². The number of ether oxygens (including phenoxy) is 2. The number of methoxy groups -OCH3 is 2. The van der Waals surface area contributed by atoms with E-state index in [1.165, 1.54) is 28.0 Å². The summed E-state index contributed by atoms with van der Waals surface area (Å²) in [5.74, 6) is 0.467. The van der Waals surface area contributed by atoms with Crippen LogP contribution in [0.15, 0.2) is 40.4 Å². The van der Waals surface area contributed by atoms with Gasteiger partial charge in [0.15, 0.2) is 10.8 Å². The molecule has 10 nitrogen and oxygen atoms in total. The summed E-state index contributed by atoms with van der Waals surface area (Å²) in [6.07, 6.45) is -0.439. The summed E-state index contributed by atoms with van der Waals surface area (Å²) in [5.41, 5.74) is 1.36. The second-order valence-electron chi connectivity index (χ2n) is 6.14. The van der Waals surface area contributed by atoms with E-state index < -0.39 is 6.09 Å². The number of anilines is 1. The Kier molecular flexibility index (Phi) is 5.97. The first kappa shape index (κ1) is 20.3. The number of carboxylic acid groups (broad SMARTS) is 1. The molecule has 4 aromatic rings. The van der Waals surface area contributed by atoms with Crippen molar-refractivity contribution >= 4 is 50.2 Å². The van der Waals surface area contributed by atoms with Gasteiger partial charge in [-0.2, -0.15) is 4.52 Å². The fourth-order valence-electron chi connectivity index (χ4n) is 2.74. The molecule has 0 spiro atoms. The molecule has 4 rings (SSSR count). The molecule has 156 valence electrons. The molecule has 0 aliphatic rings. The lowest BCUT2D eigenvalue weighted by Gasteiger charge is -2.15. The predicted octanol–water partition coefficient (Wildman–Crippen LogP) is 3.41. The summed E-state index contributed by atoms with van der Waals surface area (Å²) in [6.45, 7) is 0.810. The van der Waals surface area contributed by atoms with Crippen molar-refractivity contribution in [2.75, 3.05) is 32.3 Å². The minimum atomic E-state index is -1.03. The number of hydrogen-bond acceptors (Lipinski definition) is 9. The molecule has 12 heteroatoms. The number of aromatic nitrogens is 5. The molecular weight excluding hydrogens is 428 g/mol. The lowest BCUT2D eigenvalue weighted by atomic mass is 10.3. The summed E-state index contributed by atoms with van der Waals surface area (Å²) in [4.78, 5) is 18.3. The molecule has 0 saturated heterocycles. The van der Waals surface area contributed by atoms with Crippen molar-refractivity contribution in [2.24, 2.45) is 0 Å².